The molecule has 2 nitrogen and oxygen atoms in total. The van der Waals surface area contributed by atoms with Gasteiger partial charge in [0.05, 0.1) is 0 Å². The van der Waals surface area contributed by atoms with Crippen molar-refractivity contribution < 1.29 is 0 Å². The molecule has 0 saturated heterocycles. The van der Waals surface area contributed by atoms with Gasteiger partial charge in [-0.05, 0) is 42.8 Å². The van der Waals surface area contributed by atoms with E-state index in [0.717, 1.165) is 6.54 Å². The molecule has 1 heterocycles. The summed E-state index contributed by atoms with van der Waals surface area (Å²) in [5, 5.41) is 5.01. The average Bonchev–Trinajstić information content (AvgIpc) is 2.95. The minimum atomic E-state index is 0.366. The average molecular weight is 228 g/mol. The zero-order chi connectivity index (χ0) is 11.7. The smallest absolute Gasteiger partial charge is 0.0457 e. The van der Waals surface area contributed by atoms with Crippen molar-refractivity contribution in [1.82, 2.24) is 10.3 Å². The monoisotopic (exact) mass is 228 g/mol. The molecule has 2 aromatic rings. The highest BCUT2D eigenvalue weighted by atomic mass is 15.0. The lowest BCUT2D eigenvalue weighted by Gasteiger charge is -2.25. The van der Waals surface area contributed by atoms with Crippen LogP contribution in [0.1, 0.15) is 38.2 Å². The Morgan fingerprint density at radius 1 is 1.24 bits per heavy atom. The van der Waals surface area contributed by atoms with Crippen molar-refractivity contribution in [2.75, 3.05) is 0 Å². The van der Waals surface area contributed by atoms with E-state index in [1.165, 1.54) is 42.1 Å². The van der Waals surface area contributed by atoms with Gasteiger partial charge in [-0.3, -0.25) is 0 Å². The minimum Gasteiger partial charge on any atom is -0.361 e. The third-order valence-electron chi connectivity index (χ3n) is 4.05. The van der Waals surface area contributed by atoms with Crippen molar-refractivity contribution in [2.45, 2.75) is 44.7 Å². The first kappa shape index (κ1) is 10.8. The van der Waals surface area contributed by atoms with Gasteiger partial charge in [-0.2, -0.15) is 0 Å². The Hall–Kier alpha value is -1.28. The molecule has 0 bridgehead atoms. The van der Waals surface area contributed by atoms with Crippen molar-refractivity contribution >= 4 is 10.9 Å². The second kappa shape index (κ2) is 4.19. The molecule has 0 amide bonds. The molecule has 0 aliphatic heterocycles. The lowest BCUT2D eigenvalue weighted by Crippen LogP contribution is -2.38. The molecule has 2 N–H and O–H groups in total. The normalized spacial score (nSPS) is 18.9. The van der Waals surface area contributed by atoms with Gasteiger partial charge in [-0.1, -0.05) is 25.0 Å². The Balaban J connectivity index is 1.71. The van der Waals surface area contributed by atoms with E-state index in [9.17, 15) is 0 Å². The lowest BCUT2D eigenvalue weighted by atomic mass is 10.0. The third kappa shape index (κ3) is 2.22. The number of aromatic nitrogens is 1. The zero-order valence-electron chi connectivity index (χ0n) is 10.4. The van der Waals surface area contributed by atoms with Gasteiger partial charge in [0, 0.05) is 23.8 Å². The lowest BCUT2D eigenvalue weighted by molar-refractivity contribution is 0.363. The van der Waals surface area contributed by atoms with Crippen molar-refractivity contribution in [3.8, 4) is 0 Å². The van der Waals surface area contributed by atoms with Crippen molar-refractivity contribution in [1.29, 1.82) is 0 Å². The first-order valence-electron chi connectivity index (χ1n) is 6.56. The third-order valence-corrected chi connectivity index (χ3v) is 4.05. The highest BCUT2D eigenvalue weighted by molar-refractivity contribution is 5.79. The predicted molar refractivity (Wildman–Crippen MR) is 72.0 cm³/mol. The maximum atomic E-state index is 3.72. The van der Waals surface area contributed by atoms with Crippen LogP contribution in [0.25, 0.3) is 10.9 Å². The summed E-state index contributed by atoms with van der Waals surface area (Å²) in [4.78, 5) is 3.27. The minimum absolute atomic E-state index is 0.366. The summed E-state index contributed by atoms with van der Waals surface area (Å²) in [7, 11) is 0. The number of hydrogen-bond acceptors (Lipinski definition) is 1. The molecule has 1 saturated carbocycles. The summed E-state index contributed by atoms with van der Waals surface area (Å²) >= 11 is 0. The van der Waals surface area contributed by atoms with Gasteiger partial charge in [0.15, 0.2) is 0 Å². The van der Waals surface area contributed by atoms with E-state index in [4.69, 9.17) is 0 Å². The molecular formula is C15H20N2. The van der Waals surface area contributed by atoms with Crippen LogP contribution in [-0.4, -0.2) is 10.5 Å². The number of H-pyrrole nitrogens is 1. The van der Waals surface area contributed by atoms with Crippen molar-refractivity contribution in [3.63, 3.8) is 0 Å². The second-order valence-electron chi connectivity index (χ2n) is 5.52. The molecule has 3 rings (SSSR count). The van der Waals surface area contributed by atoms with Gasteiger partial charge in [0.2, 0.25) is 0 Å². The number of benzene rings is 1. The highest BCUT2D eigenvalue weighted by Crippen LogP contribution is 2.29. The van der Waals surface area contributed by atoms with Gasteiger partial charge in [-0.15, -0.1) is 0 Å². The van der Waals surface area contributed by atoms with E-state index in [1.54, 1.807) is 0 Å². The first-order chi connectivity index (χ1) is 8.25. The summed E-state index contributed by atoms with van der Waals surface area (Å²) in [5.74, 6) is 0. The quantitative estimate of drug-likeness (QED) is 0.825. The van der Waals surface area contributed by atoms with Crippen LogP contribution in [0.3, 0.4) is 0 Å². The fourth-order valence-corrected chi connectivity index (χ4v) is 2.85. The van der Waals surface area contributed by atoms with Crippen LogP contribution in [0, 0.1) is 0 Å². The van der Waals surface area contributed by atoms with E-state index in [-0.39, 0.29) is 0 Å². The maximum absolute atomic E-state index is 3.72. The molecule has 0 spiro atoms. The number of aromatic amines is 1. The van der Waals surface area contributed by atoms with Crippen LogP contribution in [0.2, 0.25) is 0 Å². The second-order valence-corrected chi connectivity index (χ2v) is 5.52. The summed E-state index contributed by atoms with van der Waals surface area (Å²) in [6.07, 6.45) is 7.38. The van der Waals surface area contributed by atoms with Gasteiger partial charge < -0.3 is 10.3 Å². The van der Waals surface area contributed by atoms with Crippen LogP contribution >= 0.6 is 0 Å². The van der Waals surface area contributed by atoms with Crippen LogP contribution < -0.4 is 5.32 Å². The SMILES string of the molecule is CC1(NCc2ccc3cc[nH]c3c2)CCCC1. The molecule has 2 heteroatoms. The Morgan fingerprint density at radius 3 is 2.88 bits per heavy atom. The Kier molecular flexibility index (Phi) is 2.67. The van der Waals surface area contributed by atoms with E-state index in [0.29, 0.717) is 5.54 Å². The summed E-state index contributed by atoms with van der Waals surface area (Å²) in [5.41, 5.74) is 2.97. The topological polar surface area (TPSA) is 27.8 Å². The predicted octanol–water partition coefficient (Wildman–Crippen LogP) is 3.59. The molecule has 1 aromatic heterocycles. The van der Waals surface area contributed by atoms with E-state index in [2.05, 4.69) is 41.5 Å². The Morgan fingerprint density at radius 2 is 2.06 bits per heavy atom. The van der Waals surface area contributed by atoms with Crippen LogP contribution in [-0.2, 0) is 6.54 Å². The molecule has 1 aliphatic carbocycles. The standard InChI is InChI=1S/C15H20N2/c1-15(7-2-3-8-15)17-11-12-4-5-13-6-9-16-14(13)10-12/h4-6,9-10,16-17H,2-3,7-8,11H2,1H3. The van der Waals surface area contributed by atoms with Crippen LogP contribution in [0.15, 0.2) is 30.5 Å². The number of rotatable bonds is 3. The van der Waals surface area contributed by atoms with Gasteiger partial charge in [0.1, 0.15) is 0 Å². The molecule has 0 atom stereocenters. The first-order valence-corrected chi connectivity index (χ1v) is 6.56. The molecule has 1 aliphatic rings. The number of fused-ring (bicyclic) bond motifs is 1. The fourth-order valence-electron chi connectivity index (χ4n) is 2.85. The largest absolute Gasteiger partial charge is 0.361 e. The molecule has 1 fully saturated rings. The Bertz CT molecular complexity index is 506. The molecule has 90 valence electrons. The van der Waals surface area contributed by atoms with E-state index in [1.807, 2.05) is 6.20 Å². The molecule has 17 heavy (non-hydrogen) atoms. The van der Waals surface area contributed by atoms with E-state index >= 15 is 0 Å². The van der Waals surface area contributed by atoms with Crippen molar-refractivity contribution in [2.24, 2.45) is 0 Å². The summed E-state index contributed by atoms with van der Waals surface area (Å²) in [6, 6.07) is 8.78. The van der Waals surface area contributed by atoms with Crippen molar-refractivity contribution in [3.05, 3.63) is 36.0 Å². The molecule has 1 aromatic carbocycles. The van der Waals surface area contributed by atoms with Gasteiger partial charge in [0.25, 0.3) is 0 Å². The fraction of sp³-hybridized carbons (Fsp3) is 0.467. The summed E-state index contributed by atoms with van der Waals surface area (Å²) in [6.45, 7) is 3.33. The van der Waals surface area contributed by atoms with E-state index < -0.39 is 0 Å². The molecular weight excluding hydrogens is 208 g/mol. The number of hydrogen-bond donors (Lipinski definition) is 2. The maximum Gasteiger partial charge on any atom is 0.0457 e. The van der Waals surface area contributed by atoms with Crippen LogP contribution in [0.5, 0.6) is 0 Å². The van der Waals surface area contributed by atoms with Gasteiger partial charge >= 0.3 is 0 Å². The zero-order valence-corrected chi connectivity index (χ0v) is 10.4. The Labute approximate surface area is 102 Å². The summed E-state index contributed by atoms with van der Waals surface area (Å²) < 4.78 is 0. The number of nitrogens with one attached hydrogen (secondary N) is 2. The van der Waals surface area contributed by atoms with Gasteiger partial charge in [-0.25, -0.2) is 0 Å². The molecule has 0 unspecified atom stereocenters. The molecule has 0 radical (unpaired) electrons. The highest BCUT2D eigenvalue weighted by Gasteiger charge is 2.27. The van der Waals surface area contributed by atoms with Crippen LogP contribution in [0.4, 0.5) is 0 Å².